The van der Waals surface area contributed by atoms with E-state index in [4.69, 9.17) is 0 Å². The maximum absolute atomic E-state index is 12.5. The Morgan fingerprint density at radius 1 is 1.00 bits per heavy atom. The van der Waals surface area contributed by atoms with E-state index in [9.17, 15) is 13.2 Å². The Hall–Kier alpha value is -4.22. The molecule has 2 aromatic carbocycles. The molecule has 2 aromatic heterocycles. The molecule has 2 N–H and O–H groups in total. The van der Waals surface area contributed by atoms with Crippen molar-refractivity contribution >= 4 is 43.7 Å². The summed E-state index contributed by atoms with van der Waals surface area (Å²) in [5, 5.41) is 7.54. The monoisotopic (exact) mass is 522 g/mol. The van der Waals surface area contributed by atoms with Gasteiger partial charge in [0.1, 0.15) is 11.5 Å². The fraction of sp³-hybridized carbons (Fsp3) is 0.233. The van der Waals surface area contributed by atoms with E-state index in [1.807, 2.05) is 30.3 Å². The molecule has 1 saturated carbocycles. The van der Waals surface area contributed by atoms with Gasteiger partial charge in [0.15, 0.2) is 9.84 Å². The van der Waals surface area contributed by atoms with Gasteiger partial charge in [0.25, 0.3) is 0 Å². The van der Waals surface area contributed by atoms with Gasteiger partial charge in [-0.25, -0.2) is 18.4 Å². The minimum atomic E-state index is -3.33. The molecule has 1 spiro atoms. The van der Waals surface area contributed by atoms with Crippen molar-refractivity contribution in [1.29, 1.82) is 0 Å². The van der Waals surface area contributed by atoms with Crippen molar-refractivity contribution in [3.63, 3.8) is 0 Å². The van der Waals surface area contributed by atoms with Crippen molar-refractivity contribution in [2.45, 2.75) is 48.7 Å². The van der Waals surface area contributed by atoms with E-state index in [-0.39, 0.29) is 11.3 Å². The van der Waals surface area contributed by atoms with Crippen LogP contribution in [-0.4, -0.2) is 29.5 Å². The minimum absolute atomic E-state index is 0.100. The van der Waals surface area contributed by atoms with Crippen LogP contribution in [0.1, 0.15) is 49.9 Å². The Balaban J connectivity index is 1.27. The summed E-state index contributed by atoms with van der Waals surface area (Å²) in [4.78, 5) is 21.8. The summed E-state index contributed by atoms with van der Waals surface area (Å²) in [6.45, 7) is 3.34. The van der Waals surface area contributed by atoms with Crippen LogP contribution in [0.3, 0.4) is 0 Å². The molecule has 4 aromatic rings. The van der Waals surface area contributed by atoms with Crippen molar-refractivity contribution in [1.82, 2.24) is 9.97 Å². The lowest BCUT2D eigenvalue weighted by atomic mass is 9.65. The number of carbonyl (C=O) groups excluding carboxylic acids is 1. The molecule has 1 fully saturated rings. The molecule has 3 heterocycles. The van der Waals surface area contributed by atoms with Gasteiger partial charge in [-0.1, -0.05) is 18.4 Å². The second-order valence-corrected chi connectivity index (χ2v) is 12.6. The summed E-state index contributed by atoms with van der Waals surface area (Å²) in [6, 6.07) is 16.4. The van der Waals surface area contributed by atoms with Gasteiger partial charge >= 0.3 is 0 Å². The van der Waals surface area contributed by atoms with Crippen molar-refractivity contribution < 1.29 is 13.2 Å². The molecule has 190 valence electrons. The van der Waals surface area contributed by atoms with E-state index < -0.39 is 15.1 Å². The first-order chi connectivity index (χ1) is 18.3. The average molecular weight is 523 g/mol. The number of aromatic nitrogens is 2. The molecule has 1 amide bonds. The lowest BCUT2D eigenvalue weighted by Gasteiger charge is -2.36. The van der Waals surface area contributed by atoms with Gasteiger partial charge in [-0.3, -0.25) is 4.79 Å². The van der Waals surface area contributed by atoms with E-state index >= 15 is 0 Å². The van der Waals surface area contributed by atoms with Crippen LogP contribution in [0.5, 0.6) is 0 Å². The third-order valence-corrected chi connectivity index (χ3v) is 9.64. The Morgan fingerprint density at radius 3 is 2.50 bits per heavy atom. The van der Waals surface area contributed by atoms with E-state index in [0.29, 0.717) is 16.4 Å². The molecule has 0 unspecified atom stereocenters. The van der Waals surface area contributed by atoms with Gasteiger partial charge in [-0.05, 0) is 86.7 Å². The van der Waals surface area contributed by atoms with Crippen molar-refractivity contribution in [2.75, 3.05) is 10.6 Å². The first-order valence-electron chi connectivity index (χ1n) is 12.6. The van der Waals surface area contributed by atoms with Crippen LogP contribution in [0.15, 0.2) is 71.9 Å². The zero-order chi connectivity index (χ0) is 26.5. The Morgan fingerprint density at radius 2 is 1.79 bits per heavy atom. The summed E-state index contributed by atoms with van der Waals surface area (Å²) in [7, 11) is -3.33. The highest BCUT2D eigenvalue weighted by Crippen LogP contribution is 2.51. The normalized spacial score (nSPS) is 15.5. The number of rotatable bonds is 4. The number of nitrogens with zero attached hydrogens (tertiary/aromatic N) is 2. The fourth-order valence-electron chi connectivity index (χ4n) is 5.05. The second-order valence-electron chi connectivity index (χ2n) is 10.1. The number of hydrogen-bond donors (Lipinski definition) is 2. The average Bonchev–Trinajstić information content (AvgIpc) is 3.19. The highest BCUT2D eigenvalue weighted by molar-refractivity contribution is 7.92. The van der Waals surface area contributed by atoms with E-state index in [2.05, 4.69) is 32.4 Å². The Bertz CT molecular complexity index is 1760. The summed E-state index contributed by atoms with van der Waals surface area (Å²) >= 11 is 0. The molecule has 1 aliphatic carbocycles. The van der Waals surface area contributed by atoms with Gasteiger partial charge in [-0.2, -0.15) is 0 Å². The molecule has 6 rings (SSSR count). The predicted molar refractivity (Wildman–Crippen MR) is 148 cm³/mol. The minimum Gasteiger partial charge on any atom is -0.340 e. The Kier molecular flexibility index (Phi) is 5.69. The number of hydrogen-bond acceptors (Lipinski definition) is 6. The number of anilines is 3. The molecule has 0 atom stereocenters. The van der Waals surface area contributed by atoms with Gasteiger partial charge < -0.3 is 10.6 Å². The van der Waals surface area contributed by atoms with Gasteiger partial charge in [0.05, 0.1) is 15.6 Å². The second kappa shape index (κ2) is 8.96. The van der Waals surface area contributed by atoms with Crippen LogP contribution in [-0.2, 0) is 20.0 Å². The lowest BCUT2D eigenvalue weighted by Crippen LogP contribution is -2.40. The zero-order valence-corrected chi connectivity index (χ0v) is 21.9. The number of amides is 1. The van der Waals surface area contributed by atoms with Crippen LogP contribution >= 0.6 is 0 Å². The number of nitrogens with one attached hydrogen (secondary N) is 2. The summed E-state index contributed by atoms with van der Waals surface area (Å²) in [6.07, 6.45) is 6.35. The van der Waals surface area contributed by atoms with Crippen LogP contribution in [0.2, 0.25) is 0 Å². The maximum Gasteiger partial charge on any atom is 0.235 e. The standard InChI is InChI=1S/C30H26N4O3S/c1-19(2)38(36,37)23-8-6-22(7-9-23)33-28-17-24-21(18-32-28)12-15-31-26(24)11-5-20-4-10-25-27(16-20)34-29(35)30(25)13-3-14-30/h4,6-10,12,15-19H,3,13-14H2,1-2H3,(H,32,33)(H,34,35). The first-order valence-corrected chi connectivity index (χ1v) is 14.1. The molecule has 8 heteroatoms. The van der Waals surface area contributed by atoms with Crippen molar-refractivity contribution in [2.24, 2.45) is 0 Å². The number of sulfone groups is 1. The van der Waals surface area contributed by atoms with Gasteiger partial charge in [-0.15, -0.1) is 0 Å². The quantitative estimate of drug-likeness (QED) is 0.352. The fourth-order valence-corrected chi connectivity index (χ4v) is 6.11. The van der Waals surface area contributed by atoms with E-state index in [1.165, 1.54) is 0 Å². The molecular weight excluding hydrogens is 496 g/mol. The number of fused-ring (bicyclic) bond motifs is 3. The largest absolute Gasteiger partial charge is 0.340 e. The van der Waals surface area contributed by atoms with E-state index in [0.717, 1.165) is 52.5 Å². The Labute approximate surface area is 221 Å². The van der Waals surface area contributed by atoms with Crippen molar-refractivity contribution in [3.05, 3.63) is 83.8 Å². The molecule has 0 bridgehead atoms. The number of benzene rings is 2. The molecule has 0 radical (unpaired) electrons. The van der Waals surface area contributed by atoms with Crippen LogP contribution in [0.25, 0.3) is 10.8 Å². The molecule has 2 aliphatic rings. The number of pyridine rings is 2. The molecule has 1 aliphatic heterocycles. The van der Waals surface area contributed by atoms with Crippen molar-refractivity contribution in [3.8, 4) is 11.8 Å². The SMILES string of the molecule is CC(C)S(=O)(=O)c1ccc(Nc2cc3c(C#Cc4ccc5c(c4)NC(=O)C54CCC4)nccc3cn2)cc1. The predicted octanol–water partition coefficient (Wildman–Crippen LogP) is 5.33. The van der Waals surface area contributed by atoms with Crippen LogP contribution in [0, 0.1) is 11.8 Å². The highest BCUT2D eigenvalue weighted by atomic mass is 32.2. The molecular formula is C30H26N4O3S. The van der Waals surface area contributed by atoms with Crippen LogP contribution < -0.4 is 10.6 Å². The summed E-state index contributed by atoms with van der Waals surface area (Å²) < 4.78 is 24.8. The third-order valence-electron chi connectivity index (χ3n) is 7.47. The molecule has 0 saturated heterocycles. The smallest absolute Gasteiger partial charge is 0.235 e. The van der Waals surface area contributed by atoms with E-state index in [1.54, 1.807) is 50.5 Å². The highest BCUT2D eigenvalue weighted by Gasteiger charge is 2.50. The zero-order valence-electron chi connectivity index (χ0n) is 21.1. The maximum atomic E-state index is 12.5. The van der Waals surface area contributed by atoms with Crippen LogP contribution in [0.4, 0.5) is 17.2 Å². The molecule has 38 heavy (non-hydrogen) atoms. The topological polar surface area (TPSA) is 101 Å². The summed E-state index contributed by atoms with van der Waals surface area (Å²) in [5.41, 5.74) is 3.75. The summed E-state index contributed by atoms with van der Waals surface area (Å²) in [5.74, 6) is 7.08. The van der Waals surface area contributed by atoms with Gasteiger partial charge in [0.2, 0.25) is 5.91 Å². The third kappa shape index (κ3) is 4.00. The van der Waals surface area contributed by atoms with Gasteiger partial charge in [0, 0.05) is 40.1 Å². The lowest BCUT2D eigenvalue weighted by molar-refractivity contribution is -0.123. The first kappa shape index (κ1) is 24.1. The number of carbonyl (C=O) groups is 1. The molecule has 7 nitrogen and oxygen atoms in total.